The fraction of sp³-hybridized carbons (Fsp3) is 0.500. The lowest BCUT2D eigenvalue weighted by molar-refractivity contribution is -0.138. The summed E-state index contributed by atoms with van der Waals surface area (Å²) in [6, 6.07) is 7.06. The average Bonchev–Trinajstić information content (AvgIpc) is 2.35. The highest BCUT2D eigenvalue weighted by Crippen LogP contribution is 2.13. The number of hydrogen-bond donors (Lipinski definition) is 3. The van der Waals surface area contributed by atoms with E-state index in [2.05, 4.69) is 5.32 Å². The smallest absolute Gasteiger partial charge is 0.321 e. The van der Waals surface area contributed by atoms with Gasteiger partial charge in [0.15, 0.2) is 0 Å². The van der Waals surface area contributed by atoms with E-state index in [-0.39, 0.29) is 12.6 Å². The monoisotopic (exact) mass is 266 g/mol. The highest BCUT2D eigenvalue weighted by molar-refractivity contribution is 5.73. The van der Waals surface area contributed by atoms with Crippen molar-refractivity contribution >= 4 is 5.97 Å². The van der Waals surface area contributed by atoms with Crippen molar-refractivity contribution in [3.05, 3.63) is 29.8 Å². The van der Waals surface area contributed by atoms with Crippen LogP contribution in [-0.4, -0.2) is 36.3 Å². The molecular weight excluding hydrogens is 244 g/mol. The molecular formula is C14H22N2O3. The molecule has 0 spiro atoms. The Hall–Kier alpha value is -1.59. The predicted molar refractivity (Wildman–Crippen MR) is 74.4 cm³/mol. The SMILES string of the molecule is CC(C)Oc1ccc(CCNCC(N)C(=O)O)cc1. The zero-order chi connectivity index (χ0) is 14.3. The van der Waals surface area contributed by atoms with Crippen molar-refractivity contribution in [3.63, 3.8) is 0 Å². The van der Waals surface area contributed by atoms with E-state index < -0.39 is 12.0 Å². The maximum absolute atomic E-state index is 10.5. The van der Waals surface area contributed by atoms with Crippen molar-refractivity contribution in [2.45, 2.75) is 32.4 Å². The minimum atomic E-state index is -0.984. The molecule has 19 heavy (non-hydrogen) atoms. The van der Waals surface area contributed by atoms with E-state index in [9.17, 15) is 4.79 Å². The number of rotatable bonds is 8. The van der Waals surface area contributed by atoms with Gasteiger partial charge in [-0.25, -0.2) is 0 Å². The van der Waals surface area contributed by atoms with Crippen LogP contribution in [0.4, 0.5) is 0 Å². The summed E-state index contributed by atoms with van der Waals surface area (Å²) < 4.78 is 5.56. The first-order chi connectivity index (χ1) is 8.99. The zero-order valence-electron chi connectivity index (χ0n) is 11.4. The van der Waals surface area contributed by atoms with Crippen LogP contribution in [0.15, 0.2) is 24.3 Å². The van der Waals surface area contributed by atoms with Crippen LogP contribution in [0.1, 0.15) is 19.4 Å². The number of benzene rings is 1. The number of carbonyl (C=O) groups is 1. The molecule has 1 aromatic rings. The third-order valence-electron chi connectivity index (χ3n) is 2.57. The number of carboxylic acid groups (broad SMARTS) is 1. The molecule has 0 fully saturated rings. The van der Waals surface area contributed by atoms with Crippen LogP contribution in [0.2, 0.25) is 0 Å². The van der Waals surface area contributed by atoms with Crippen LogP contribution < -0.4 is 15.8 Å². The molecule has 0 saturated heterocycles. The highest BCUT2D eigenvalue weighted by Gasteiger charge is 2.09. The van der Waals surface area contributed by atoms with E-state index in [1.807, 2.05) is 38.1 Å². The molecule has 0 aliphatic heterocycles. The fourth-order valence-corrected chi connectivity index (χ4v) is 1.58. The molecule has 4 N–H and O–H groups in total. The van der Waals surface area contributed by atoms with E-state index in [4.69, 9.17) is 15.6 Å². The van der Waals surface area contributed by atoms with Crippen molar-refractivity contribution in [3.8, 4) is 5.75 Å². The molecule has 0 aliphatic carbocycles. The Morgan fingerprint density at radius 1 is 1.37 bits per heavy atom. The van der Waals surface area contributed by atoms with Gasteiger partial charge < -0.3 is 20.9 Å². The second-order valence-electron chi connectivity index (χ2n) is 4.71. The van der Waals surface area contributed by atoms with Crippen LogP contribution in [-0.2, 0) is 11.2 Å². The largest absolute Gasteiger partial charge is 0.491 e. The summed E-state index contributed by atoms with van der Waals surface area (Å²) in [6.07, 6.45) is 0.999. The maximum atomic E-state index is 10.5. The lowest BCUT2D eigenvalue weighted by atomic mass is 10.1. The number of ether oxygens (including phenoxy) is 1. The summed E-state index contributed by atoms with van der Waals surface area (Å²) in [5, 5.41) is 11.6. The van der Waals surface area contributed by atoms with E-state index in [0.29, 0.717) is 6.54 Å². The normalized spacial score (nSPS) is 12.4. The zero-order valence-corrected chi connectivity index (χ0v) is 11.4. The van der Waals surface area contributed by atoms with Gasteiger partial charge in [0.05, 0.1) is 6.10 Å². The van der Waals surface area contributed by atoms with Crippen molar-refractivity contribution in [1.29, 1.82) is 0 Å². The topological polar surface area (TPSA) is 84.6 Å². The Bertz CT molecular complexity index is 390. The second-order valence-corrected chi connectivity index (χ2v) is 4.71. The second kappa shape index (κ2) is 7.76. The molecule has 1 unspecified atom stereocenters. The van der Waals surface area contributed by atoms with E-state index >= 15 is 0 Å². The molecule has 0 heterocycles. The molecule has 106 valence electrons. The summed E-state index contributed by atoms with van der Waals surface area (Å²) in [6.45, 7) is 4.96. The molecule has 5 heteroatoms. The summed E-state index contributed by atoms with van der Waals surface area (Å²) in [5.41, 5.74) is 6.56. The molecule has 0 saturated carbocycles. The summed E-state index contributed by atoms with van der Waals surface area (Å²) >= 11 is 0. The van der Waals surface area contributed by atoms with E-state index in [1.54, 1.807) is 0 Å². The van der Waals surface area contributed by atoms with Gasteiger partial charge >= 0.3 is 5.97 Å². The molecule has 0 bridgehead atoms. The average molecular weight is 266 g/mol. The van der Waals surface area contributed by atoms with Crippen molar-refractivity contribution < 1.29 is 14.6 Å². The third-order valence-corrected chi connectivity index (χ3v) is 2.57. The molecule has 0 aliphatic rings. The molecule has 1 atom stereocenters. The van der Waals surface area contributed by atoms with Crippen molar-refractivity contribution in [2.75, 3.05) is 13.1 Å². The quantitative estimate of drug-likeness (QED) is 0.612. The first-order valence-electron chi connectivity index (χ1n) is 6.43. The molecule has 1 rings (SSSR count). The Kier molecular flexibility index (Phi) is 6.32. The van der Waals surface area contributed by atoms with Gasteiger partial charge in [0.1, 0.15) is 11.8 Å². The van der Waals surface area contributed by atoms with Crippen LogP contribution >= 0.6 is 0 Å². The van der Waals surface area contributed by atoms with E-state index in [1.165, 1.54) is 5.56 Å². The number of nitrogens with two attached hydrogens (primary N) is 1. The van der Waals surface area contributed by atoms with Gasteiger partial charge in [0.25, 0.3) is 0 Å². The van der Waals surface area contributed by atoms with Gasteiger partial charge in [0, 0.05) is 6.54 Å². The maximum Gasteiger partial charge on any atom is 0.321 e. The van der Waals surface area contributed by atoms with Gasteiger partial charge in [-0.2, -0.15) is 0 Å². The van der Waals surface area contributed by atoms with Gasteiger partial charge in [0.2, 0.25) is 0 Å². The Labute approximate surface area is 113 Å². The predicted octanol–water partition coefficient (Wildman–Crippen LogP) is 1.02. The Morgan fingerprint density at radius 3 is 2.53 bits per heavy atom. The van der Waals surface area contributed by atoms with Crippen LogP contribution in [0.25, 0.3) is 0 Å². The molecule has 5 nitrogen and oxygen atoms in total. The van der Waals surface area contributed by atoms with Gasteiger partial charge in [-0.05, 0) is 44.5 Å². The summed E-state index contributed by atoms with van der Waals surface area (Å²) in [4.78, 5) is 10.5. The lowest BCUT2D eigenvalue weighted by Crippen LogP contribution is -2.40. The van der Waals surface area contributed by atoms with Gasteiger partial charge in [-0.1, -0.05) is 12.1 Å². The van der Waals surface area contributed by atoms with Gasteiger partial charge in [-0.15, -0.1) is 0 Å². The number of aliphatic carboxylic acids is 1. The Morgan fingerprint density at radius 2 is 2.00 bits per heavy atom. The molecule has 0 amide bonds. The number of carboxylic acids is 1. The minimum Gasteiger partial charge on any atom is -0.491 e. The number of nitrogens with one attached hydrogen (secondary N) is 1. The van der Waals surface area contributed by atoms with Crippen LogP contribution in [0, 0.1) is 0 Å². The highest BCUT2D eigenvalue weighted by atomic mass is 16.5. The lowest BCUT2D eigenvalue weighted by Gasteiger charge is -2.11. The van der Waals surface area contributed by atoms with Gasteiger partial charge in [-0.3, -0.25) is 4.79 Å². The van der Waals surface area contributed by atoms with Crippen LogP contribution in [0.3, 0.4) is 0 Å². The Balaban J connectivity index is 2.28. The van der Waals surface area contributed by atoms with Crippen molar-refractivity contribution in [2.24, 2.45) is 5.73 Å². The van der Waals surface area contributed by atoms with E-state index in [0.717, 1.165) is 12.2 Å². The molecule has 0 aromatic heterocycles. The standard InChI is InChI=1S/C14H22N2O3/c1-10(2)19-12-5-3-11(4-6-12)7-8-16-9-13(15)14(17)18/h3-6,10,13,16H,7-9,15H2,1-2H3,(H,17,18). The summed E-state index contributed by atoms with van der Waals surface area (Å²) in [5.74, 6) is -0.123. The first-order valence-corrected chi connectivity index (χ1v) is 6.43. The minimum absolute atomic E-state index is 0.171. The molecule has 0 radical (unpaired) electrons. The third kappa shape index (κ3) is 6.22. The number of hydrogen-bond acceptors (Lipinski definition) is 4. The molecule has 1 aromatic carbocycles. The first kappa shape index (κ1) is 15.5. The van der Waals surface area contributed by atoms with Crippen molar-refractivity contribution in [1.82, 2.24) is 5.32 Å². The van der Waals surface area contributed by atoms with Crippen LogP contribution in [0.5, 0.6) is 5.75 Å². The summed E-state index contributed by atoms with van der Waals surface area (Å²) in [7, 11) is 0. The fourth-order valence-electron chi connectivity index (χ4n) is 1.58.